The Morgan fingerprint density at radius 1 is 0.909 bits per heavy atom. The quantitative estimate of drug-likeness (QED) is 0.563. The second-order valence-electron chi connectivity index (χ2n) is 6.04. The molecule has 4 N–H and O–H groups in total. The summed E-state index contributed by atoms with van der Waals surface area (Å²) in [5.74, 6) is -0.00586. The summed E-state index contributed by atoms with van der Waals surface area (Å²) < 4.78 is 0. The molecule has 4 rings (SSSR count). The lowest BCUT2D eigenvalue weighted by atomic mass is 9.72. The Bertz CT molecular complexity index is 820. The maximum Gasteiger partial charge on any atom is 0.161 e. The van der Waals surface area contributed by atoms with Gasteiger partial charge in [-0.3, -0.25) is 0 Å². The van der Waals surface area contributed by atoms with E-state index in [1.165, 1.54) is 6.07 Å². The summed E-state index contributed by atoms with van der Waals surface area (Å²) in [4.78, 5) is 0. The highest BCUT2D eigenvalue weighted by Gasteiger charge is 2.30. The van der Waals surface area contributed by atoms with Crippen LogP contribution in [0.2, 0.25) is 0 Å². The standard InChI is InChI=1S/C18H16O4/c19-15-4-3-12-13(18(15)22)2-1-9-5-10-7-16(20)17(21)8-11(10)6-14(9)12/h3-4,6-9,19-22H,1-2,5H2/t9-/m0/s1. The van der Waals surface area contributed by atoms with E-state index in [9.17, 15) is 20.4 Å². The van der Waals surface area contributed by atoms with Gasteiger partial charge in [-0.05, 0) is 65.6 Å². The van der Waals surface area contributed by atoms with Crippen LogP contribution in [0.25, 0.3) is 11.6 Å². The first-order valence-corrected chi connectivity index (χ1v) is 7.35. The third kappa shape index (κ3) is 1.77. The summed E-state index contributed by atoms with van der Waals surface area (Å²) in [5, 5.41) is 39.1. The summed E-state index contributed by atoms with van der Waals surface area (Å²) in [7, 11) is 0. The fraction of sp³-hybridized carbons (Fsp3) is 0.222. The van der Waals surface area contributed by atoms with E-state index in [2.05, 4.69) is 0 Å². The third-order valence-electron chi connectivity index (χ3n) is 4.77. The average molecular weight is 296 g/mol. The zero-order valence-corrected chi connectivity index (χ0v) is 11.9. The molecule has 0 unspecified atom stereocenters. The fourth-order valence-electron chi connectivity index (χ4n) is 3.63. The van der Waals surface area contributed by atoms with E-state index < -0.39 is 0 Å². The van der Waals surface area contributed by atoms with E-state index >= 15 is 0 Å². The Morgan fingerprint density at radius 2 is 1.68 bits per heavy atom. The molecule has 1 atom stereocenters. The molecule has 0 aliphatic heterocycles. The van der Waals surface area contributed by atoms with Gasteiger partial charge in [0.15, 0.2) is 23.0 Å². The number of aromatic hydroxyl groups is 4. The predicted molar refractivity (Wildman–Crippen MR) is 82.9 cm³/mol. The minimum Gasteiger partial charge on any atom is -0.504 e. The van der Waals surface area contributed by atoms with E-state index in [4.69, 9.17) is 0 Å². The second kappa shape index (κ2) is 4.44. The molecule has 0 amide bonds. The van der Waals surface area contributed by atoms with Crippen LogP contribution in [0.1, 0.15) is 28.7 Å². The first-order valence-electron chi connectivity index (χ1n) is 7.35. The highest BCUT2D eigenvalue weighted by Crippen LogP contribution is 2.47. The summed E-state index contributed by atoms with van der Waals surface area (Å²) in [5.41, 5.74) is 4.78. The van der Waals surface area contributed by atoms with Gasteiger partial charge in [0.2, 0.25) is 0 Å². The van der Waals surface area contributed by atoms with Crippen LogP contribution in [0.3, 0.4) is 0 Å². The molecule has 2 aliphatic rings. The van der Waals surface area contributed by atoms with Gasteiger partial charge in [-0.15, -0.1) is 0 Å². The van der Waals surface area contributed by atoms with E-state index in [1.807, 2.05) is 12.1 Å². The van der Waals surface area contributed by atoms with Crippen LogP contribution in [0, 0.1) is 5.92 Å². The maximum atomic E-state index is 10.1. The van der Waals surface area contributed by atoms with Gasteiger partial charge in [0, 0.05) is 5.56 Å². The molecule has 4 nitrogen and oxygen atoms in total. The molecule has 22 heavy (non-hydrogen) atoms. The molecular formula is C18H16O4. The minimum absolute atomic E-state index is 0.0313. The number of phenolic OH excluding ortho intramolecular Hbond substituents is 4. The molecule has 0 heterocycles. The average Bonchev–Trinajstić information content (AvgIpc) is 2.50. The summed E-state index contributed by atoms with van der Waals surface area (Å²) in [6.45, 7) is 0. The summed E-state index contributed by atoms with van der Waals surface area (Å²) >= 11 is 0. The van der Waals surface area contributed by atoms with Crippen LogP contribution in [-0.2, 0) is 12.8 Å². The van der Waals surface area contributed by atoms with Crippen LogP contribution in [0.4, 0.5) is 0 Å². The SMILES string of the molecule is Oc1cc2c(cc1O)C[C@@H]1CCc3c(ccc(O)c3O)C1=C2. The van der Waals surface area contributed by atoms with Gasteiger partial charge in [0.1, 0.15) is 0 Å². The van der Waals surface area contributed by atoms with Crippen molar-refractivity contribution in [3.8, 4) is 23.0 Å². The molecule has 2 aromatic rings. The van der Waals surface area contributed by atoms with Crippen molar-refractivity contribution in [2.75, 3.05) is 0 Å². The second-order valence-corrected chi connectivity index (χ2v) is 6.04. The molecule has 0 fully saturated rings. The van der Waals surface area contributed by atoms with Gasteiger partial charge in [-0.1, -0.05) is 12.1 Å². The van der Waals surface area contributed by atoms with Crippen molar-refractivity contribution in [3.05, 3.63) is 46.5 Å². The van der Waals surface area contributed by atoms with Crippen molar-refractivity contribution in [2.45, 2.75) is 19.3 Å². The number of benzene rings is 2. The molecule has 2 aromatic carbocycles. The van der Waals surface area contributed by atoms with E-state index in [-0.39, 0.29) is 23.0 Å². The Balaban J connectivity index is 1.91. The van der Waals surface area contributed by atoms with Gasteiger partial charge >= 0.3 is 0 Å². The largest absolute Gasteiger partial charge is 0.504 e. The lowest BCUT2D eigenvalue weighted by Gasteiger charge is -2.32. The highest BCUT2D eigenvalue weighted by molar-refractivity contribution is 5.89. The van der Waals surface area contributed by atoms with Crippen LogP contribution < -0.4 is 0 Å². The topological polar surface area (TPSA) is 80.9 Å². The zero-order valence-electron chi connectivity index (χ0n) is 11.9. The molecular weight excluding hydrogens is 280 g/mol. The van der Waals surface area contributed by atoms with Crippen molar-refractivity contribution in [1.82, 2.24) is 0 Å². The van der Waals surface area contributed by atoms with Gasteiger partial charge < -0.3 is 20.4 Å². The Kier molecular flexibility index (Phi) is 2.64. The van der Waals surface area contributed by atoms with E-state index in [0.29, 0.717) is 5.92 Å². The smallest absolute Gasteiger partial charge is 0.161 e. The third-order valence-corrected chi connectivity index (χ3v) is 4.77. The highest BCUT2D eigenvalue weighted by atomic mass is 16.3. The van der Waals surface area contributed by atoms with Gasteiger partial charge in [-0.25, -0.2) is 0 Å². The number of fused-ring (bicyclic) bond motifs is 4. The molecule has 2 aliphatic carbocycles. The Labute approximate surface area is 127 Å². The lowest BCUT2D eigenvalue weighted by Crippen LogP contribution is -2.19. The predicted octanol–water partition coefficient (Wildman–Crippen LogP) is 3.17. The van der Waals surface area contributed by atoms with Crippen LogP contribution in [0.5, 0.6) is 23.0 Å². The molecule has 0 saturated carbocycles. The fourth-order valence-corrected chi connectivity index (χ4v) is 3.63. The van der Waals surface area contributed by atoms with Crippen molar-refractivity contribution >= 4 is 11.6 Å². The molecule has 112 valence electrons. The maximum absolute atomic E-state index is 10.1. The van der Waals surface area contributed by atoms with Crippen LogP contribution in [0.15, 0.2) is 24.3 Å². The number of allylic oxidation sites excluding steroid dienone is 1. The normalized spacial score (nSPS) is 18.9. The molecule has 0 radical (unpaired) electrons. The minimum atomic E-state index is -0.126. The number of phenols is 4. The number of hydrogen-bond donors (Lipinski definition) is 4. The van der Waals surface area contributed by atoms with Crippen LogP contribution >= 0.6 is 0 Å². The van der Waals surface area contributed by atoms with Gasteiger partial charge in [-0.2, -0.15) is 0 Å². The van der Waals surface area contributed by atoms with Crippen LogP contribution in [-0.4, -0.2) is 20.4 Å². The lowest BCUT2D eigenvalue weighted by molar-refractivity contribution is 0.395. The van der Waals surface area contributed by atoms with Crippen molar-refractivity contribution in [1.29, 1.82) is 0 Å². The monoisotopic (exact) mass is 296 g/mol. The number of hydrogen-bond acceptors (Lipinski definition) is 4. The number of rotatable bonds is 0. The van der Waals surface area contributed by atoms with Gasteiger partial charge in [0.25, 0.3) is 0 Å². The molecule has 0 saturated heterocycles. The van der Waals surface area contributed by atoms with Crippen molar-refractivity contribution < 1.29 is 20.4 Å². The first-order chi connectivity index (χ1) is 10.5. The first kappa shape index (κ1) is 13.1. The summed E-state index contributed by atoms with van der Waals surface area (Å²) in [6, 6.07) is 6.55. The van der Waals surface area contributed by atoms with E-state index in [1.54, 1.807) is 12.1 Å². The van der Waals surface area contributed by atoms with E-state index in [0.717, 1.165) is 47.1 Å². The Hall–Kier alpha value is -2.62. The molecule has 0 aromatic heterocycles. The molecule has 4 heteroatoms. The summed E-state index contributed by atoms with van der Waals surface area (Å²) in [6.07, 6.45) is 4.42. The van der Waals surface area contributed by atoms with Crippen molar-refractivity contribution in [3.63, 3.8) is 0 Å². The zero-order chi connectivity index (χ0) is 15.4. The van der Waals surface area contributed by atoms with Gasteiger partial charge in [0.05, 0.1) is 0 Å². The Morgan fingerprint density at radius 3 is 2.50 bits per heavy atom. The van der Waals surface area contributed by atoms with Crippen molar-refractivity contribution in [2.24, 2.45) is 5.92 Å². The molecule has 0 spiro atoms. The molecule has 0 bridgehead atoms.